The standard InChI is InChI=1S/C19H21N3O5/c1-24-6-8-26-16-10-14-15(11-17(16)27-9-7-25-2)21-18(22-19(14)23)13-4-3-5-20-12-13/h3-5,10-12H,6-9H2,1-2H3,(H,21,22,23). The van der Waals surface area contributed by atoms with Gasteiger partial charge in [0.1, 0.15) is 19.0 Å². The fraction of sp³-hybridized carbons (Fsp3) is 0.316. The van der Waals surface area contributed by atoms with Crippen LogP contribution in [0.2, 0.25) is 0 Å². The molecule has 0 radical (unpaired) electrons. The summed E-state index contributed by atoms with van der Waals surface area (Å²) >= 11 is 0. The average Bonchev–Trinajstić information content (AvgIpc) is 2.69. The predicted octanol–water partition coefficient (Wildman–Crippen LogP) is 2.04. The van der Waals surface area contributed by atoms with E-state index in [1.165, 1.54) is 0 Å². The predicted molar refractivity (Wildman–Crippen MR) is 100 cm³/mol. The first kappa shape index (κ1) is 18.8. The van der Waals surface area contributed by atoms with Crippen LogP contribution in [0.15, 0.2) is 41.5 Å². The summed E-state index contributed by atoms with van der Waals surface area (Å²) in [5.41, 5.74) is 0.960. The molecule has 0 aliphatic rings. The molecule has 2 heterocycles. The van der Waals surface area contributed by atoms with Crippen molar-refractivity contribution in [1.29, 1.82) is 0 Å². The number of nitrogens with one attached hydrogen (secondary N) is 1. The summed E-state index contributed by atoms with van der Waals surface area (Å²) in [5, 5.41) is 0.411. The van der Waals surface area contributed by atoms with Gasteiger partial charge in [0.15, 0.2) is 11.5 Å². The molecule has 8 heteroatoms. The molecule has 142 valence electrons. The number of methoxy groups -OCH3 is 2. The molecule has 0 fully saturated rings. The molecule has 0 saturated heterocycles. The molecule has 0 bridgehead atoms. The maximum absolute atomic E-state index is 12.6. The molecule has 0 aliphatic carbocycles. The number of nitrogens with zero attached hydrogens (tertiary/aromatic N) is 2. The number of aromatic amines is 1. The van der Waals surface area contributed by atoms with E-state index in [4.69, 9.17) is 18.9 Å². The Hall–Kier alpha value is -2.97. The smallest absolute Gasteiger partial charge is 0.259 e. The van der Waals surface area contributed by atoms with Crippen LogP contribution >= 0.6 is 0 Å². The molecular weight excluding hydrogens is 350 g/mol. The SMILES string of the molecule is COCCOc1cc2nc(-c3cccnc3)[nH]c(=O)c2cc1OCCOC. The van der Waals surface area contributed by atoms with Crippen LogP contribution in [0.5, 0.6) is 11.5 Å². The van der Waals surface area contributed by atoms with Crippen molar-refractivity contribution in [2.45, 2.75) is 0 Å². The van der Waals surface area contributed by atoms with Crippen molar-refractivity contribution in [2.75, 3.05) is 40.6 Å². The monoisotopic (exact) mass is 371 g/mol. The Balaban J connectivity index is 2.03. The van der Waals surface area contributed by atoms with E-state index >= 15 is 0 Å². The lowest BCUT2D eigenvalue weighted by Gasteiger charge is -2.14. The minimum atomic E-state index is -0.265. The molecule has 0 unspecified atom stereocenters. The highest BCUT2D eigenvalue weighted by molar-refractivity contribution is 5.83. The van der Waals surface area contributed by atoms with E-state index in [0.29, 0.717) is 54.7 Å². The summed E-state index contributed by atoms with van der Waals surface area (Å²) in [7, 11) is 3.19. The van der Waals surface area contributed by atoms with E-state index in [1.54, 1.807) is 44.8 Å². The maximum atomic E-state index is 12.6. The fourth-order valence-corrected chi connectivity index (χ4v) is 2.48. The minimum absolute atomic E-state index is 0.265. The van der Waals surface area contributed by atoms with Gasteiger partial charge in [-0.15, -0.1) is 0 Å². The first-order valence-corrected chi connectivity index (χ1v) is 8.45. The Morgan fingerprint density at radius 2 is 1.70 bits per heavy atom. The Kier molecular flexibility index (Phi) is 6.35. The second-order valence-corrected chi connectivity index (χ2v) is 5.65. The van der Waals surface area contributed by atoms with E-state index in [-0.39, 0.29) is 5.56 Å². The molecule has 3 aromatic rings. The van der Waals surface area contributed by atoms with Gasteiger partial charge in [0, 0.05) is 38.2 Å². The average molecular weight is 371 g/mol. The highest BCUT2D eigenvalue weighted by atomic mass is 16.5. The summed E-state index contributed by atoms with van der Waals surface area (Å²) in [4.78, 5) is 24.0. The Morgan fingerprint density at radius 3 is 2.33 bits per heavy atom. The molecule has 3 rings (SSSR count). The van der Waals surface area contributed by atoms with Crippen LogP contribution in [0, 0.1) is 0 Å². The van der Waals surface area contributed by atoms with Crippen LogP contribution in [-0.4, -0.2) is 55.6 Å². The first-order chi connectivity index (χ1) is 13.2. The number of fused-ring (bicyclic) bond motifs is 1. The van der Waals surface area contributed by atoms with Crippen LogP contribution in [0.1, 0.15) is 0 Å². The largest absolute Gasteiger partial charge is 0.487 e. The molecule has 1 aromatic carbocycles. The van der Waals surface area contributed by atoms with Crippen molar-refractivity contribution in [3.05, 3.63) is 47.0 Å². The van der Waals surface area contributed by atoms with E-state index in [9.17, 15) is 4.79 Å². The summed E-state index contributed by atoms with van der Waals surface area (Å²) in [6, 6.07) is 6.94. The lowest BCUT2D eigenvalue weighted by Crippen LogP contribution is -2.12. The molecule has 27 heavy (non-hydrogen) atoms. The molecule has 0 atom stereocenters. The number of hydrogen-bond acceptors (Lipinski definition) is 7. The van der Waals surface area contributed by atoms with Gasteiger partial charge in [0.05, 0.1) is 24.1 Å². The lowest BCUT2D eigenvalue weighted by atomic mass is 10.2. The van der Waals surface area contributed by atoms with Crippen molar-refractivity contribution in [2.24, 2.45) is 0 Å². The van der Waals surface area contributed by atoms with Crippen LogP contribution in [-0.2, 0) is 9.47 Å². The Morgan fingerprint density at radius 1 is 1.00 bits per heavy atom. The summed E-state index contributed by atoms with van der Waals surface area (Å²) in [5.74, 6) is 1.39. The number of benzene rings is 1. The van der Waals surface area contributed by atoms with Crippen LogP contribution in [0.3, 0.4) is 0 Å². The number of hydrogen-bond donors (Lipinski definition) is 1. The second kappa shape index (κ2) is 9.11. The van der Waals surface area contributed by atoms with Gasteiger partial charge >= 0.3 is 0 Å². The molecule has 8 nitrogen and oxygen atoms in total. The topological polar surface area (TPSA) is 95.6 Å². The van der Waals surface area contributed by atoms with Crippen LogP contribution in [0.4, 0.5) is 0 Å². The van der Waals surface area contributed by atoms with E-state index in [2.05, 4.69) is 15.0 Å². The van der Waals surface area contributed by atoms with Crippen molar-refractivity contribution in [3.8, 4) is 22.9 Å². The third kappa shape index (κ3) is 4.60. The van der Waals surface area contributed by atoms with E-state index < -0.39 is 0 Å². The van der Waals surface area contributed by atoms with Gasteiger partial charge < -0.3 is 23.9 Å². The zero-order valence-corrected chi connectivity index (χ0v) is 15.2. The third-order valence-corrected chi connectivity index (χ3v) is 3.80. The molecular formula is C19H21N3O5. The molecule has 0 aliphatic heterocycles. The number of pyridine rings is 1. The summed E-state index contributed by atoms with van der Waals surface area (Å²) in [6.45, 7) is 1.53. The van der Waals surface area contributed by atoms with Crippen molar-refractivity contribution < 1.29 is 18.9 Å². The lowest BCUT2D eigenvalue weighted by molar-refractivity contribution is 0.132. The van der Waals surface area contributed by atoms with Gasteiger partial charge in [-0.25, -0.2) is 4.98 Å². The van der Waals surface area contributed by atoms with Crippen molar-refractivity contribution in [1.82, 2.24) is 15.0 Å². The number of aromatic nitrogens is 3. The molecule has 2 aromatic heterocycles. The van der Waals surface area contributed by atoms with Gasteiger partial charge in [-0.2, -0.15) is 0 Å². The zero-order chi connectivity index (χ0) is 19.1. The molecule has 1 N–H and O–H groups in total. The second-order valence-electron chi connectivity index (χ2n) is 5.65. The Labute approximate surface area is 156 Å². The minimum Gasteiger partial charge on any atom is -0.487 e. The van der Waals surface area contributed by atoms with Crippen molar-refractivity contribution in [3.63, 3.8) is 0 Å². The van der Waals surface area contributed by atoms with Gasteiger partial charge in [-0.1, -0.05) is 0 Å². The number of H-pyrrole nitrogens is 1. The summed E-state index contributed by atoms with van der Waals surface area (Å²) in [6.07, 6.45) is 3.30. The fourth-order valence-electron chi connectivity index (χ4n) is 2.48. The van der Waals surface area contributed by atoms with Gasteiger partial charge in [-0.3, -0.25) is 9.78 Å². The maximum Gasteiger partial charge on any atom is 0.259 e. The third-order valence-electron chi connectivity index (χ3n) is 3.80. The van der Waals surface area contributed by atoms with Crippen LogP contribution < -0.4 is 15.0 Å². The van der Waals surface area contributed by atoms with Crippen molar-refractivity contribution >= 4 is 10.9 Å². The Bertz CT molecular complexity index is 943. The van der Waals surface area contributed by atoms with Gasteiger partial charge in [0.25, 0.3) is 5.56 Å². The van der Waals surface area contributed by atoms with E-state index in [0.717, 1.165) is 5.56 Å². The highest BCUT2D eigenvalue weighted by Gasteiger charge is 2.13. The van der Waals surface area contributed by atoms with E-state index in [1.807, 2.05) is 6.07 Å². The molecule has 0 spiro atoms. The molecule has 0 amide bonds. The van der Waals surface area contributed by atoms with Crippen LogP contribution in [0.25, 0.3) is 22.3 Å². The number of rotatable bonds is 9. The van der Waals surface area contributed by atoms with Gasteiger partial charge in [-0.05, 0) is 18.2 Å². The normalized spacial score (nSPS) is 10.9. The summed E-state index contributed by atoms with van der Waals surface area (Å²) < 4.78 is 21.5. The first-order valence-electron chi connectivity index (χ1n) is 8.45. The zero-order valence-electron chi connectivity index (χ0n) is 15.2. The highest BCUT2D eigenvalue weighted by Crippen LogP contribution is 2.31. The molecule has 0 saturated carbocycles. The number of ether oxygens (including phenoxy) is 4. The quantitative estimate of drug-likeness (QED) is 0.575. The van der Waals surface area contributed by atoms with Gasteiger partial charge in [0.2, 0.25) is 0 Å².